The highest BCUT2D eigenvalue weighted by Crippen LogP contribution is 2.25. The maximum absolute atomic E-state index is 12.3. The van der Waals surface area contributed by atoms with Crippen molar-refractivity contribution in [1.29, 1.82) is 0 Å². The molecule has 0 radical (unpaired) electrons. The van der Waals surface area contributed by atoms with Crippen molar-refractivity contribution in [2.24, 2.45) is 4.99 Å². The van der Waals surface area contributed by atoms with Crippen LogP contribution < -0.4 is 10.6 Å². The van der Waals surface area contributed by atoms with Crippen LogP contribution in [-0.4, -0.2) is 49.8 Å². The van der Waals surface area contributed by atoms with Crippen molar-refractivity contribution in [2.75, 3.05) is 32.7 Å². The second kappa shape index (κ2) is 9.65. The van der Waals surface area contributed by atoms with Gasteiger partial charge in [0, 0.05) is 13.1 Å². The molecule has 1 atom stereocenters. The van der Waals surface area contributed by atoms with Gasteiger partial charge in [-0.05, 0) is 38.4 Å². The lowest BCUT2D eigenvalue weighted by molar-refractivity contribution is -0.132. The highest BCUT2D eigenvalue weighted by atomic mass is 19.4. The molecule has 0 bridgehead atoms. The predicted molar refractivity (Wildman–Crippen MR) is 94.6 cm³/mol. The van der Waals surface area contributed by atoms with E-state index in [0.717, 1.165) is 13.1 Å². The summed E-state index contributed by atoms with van der Waals surface area (Å²) in [5, 5.41) is 5.79. The molecule has 2 N–H and O–H groups in total. The molecule has 4 nitrogen and oxygen atoms in total. The largest absolute Gasteiger partial charge is 0.390 e. The fourth-order valence-electron chi connectivity index (χ4n) is 3.00. The van der Waals surface area contributed by atoms with Gasteiger partial charge in [0.25, 0.3) is 0 Å². The van der Waals surface area contributed by atoms with Crippen molar-refractivity contribution in [2.45, 2.75) is 38.4 Å². The van der Waals surface area contributed by atoms with Gasteiger partial charge in [0.15, 0.2) is 5.96 Å². The van der Waals surface area contributed by atoms with Crippen LogP contribution in [0.5, 0.6) is 0 Å². The summed E-state index contributed by atoms with van der Waals surface area (Å²) in [5.41, 5.74) is 1.19. The Morgan fingerprint density at radius 1 is 1.16 bits per heavy atom. The molecule has 140 valence electrons. The minimum Gasteiger partial charge on any atom is -0.357 e. The Kier molecular flexibility index (Phi) is 7.55. The molecule has 0 saturated carbocycles. The van der Waals surface area contributed by atoms with Gasteiger partial charge in [-0.3, -0.25) is 9.89 Å². The summed E-state index contributed by atoms with van der Waals surface area (Å²) in [6.45, 7) is 4.92. The molecule has 1 heterocycles. The third kappa shape index (κ3) is 6.94. The molecule has 1 aliphatic rings. The molecule has 1 saturated heterocycles. The van der Waals surface area contributed by atoms with Gasteiger partial charge in [0.05, 0.1) is 19.0 Å². The Labute approximate surface area is 147 Å². The van der Waals surface area contributed by atoms with E-state index in [0.29, 0.717) is 19.0 Å². The molecular formula is C18H27F3N4. The molecule has 7 heteroatoms. The standard InChI is InChI=1S/C18H27F3N4/c1-2-22-17(23-11-10-18(19,20)21)24-14-16(25-12-6-7-13-25)15-8-4-3-5-9-15/h3-5,8-9,16H,2,6-7,10-14H2,1H3,(H2,22,23,24). The maximum Gasteiger partial charge on any atom is 0.390 e. The number of nitrogens with one attached hydrogen (secondary N) is 2. The lowest BCUT2D eigenvalue weighted by Crippen LogP contribution is -2.39. The van der Waals surface area contributed by atoms with E-state index < -0.39 is 12.6 Å². The summed E-state index contributed by atoms with van der Waals surface area (Å²) in [6.07, 6.45) is -2.67. The number of rotatable bonds is 7. The molecule has 0 aliphatic carbocycles. The fraction of sp³-hybridized carbons (Fsp3) is 0.611. The molecule has 0 aromatic heterocycles. The molecule has 1 aromatic carbocycles. The Balaban J connectivity index is 2.02. The Bertz CT molecular complexity index is 525. The third-order valence-electron chi connectivity index (χ3n) is 4.23. The van der Waals surface area contributed by atoms with Crippen molar-refractivity contribution < 1.29 is 13.2 Å². The minimum absolute atomic E-state index is 0.154. The van der Waals surface area contributed by atoms with E-state index in [1.54, 1.807) is 0 Å². The Morgan fingerprint density at radius 2 is 1.84 bits per heavy atom. The summed E-state index contributed by atoms with van der Waals surface area (Å²) in [6, 6.07) is 10.3. The first-order chi connectivity index (χ1) is 12.0. The number of aliphatic imine (C=N–C) groups is 1. The number of halogens is 3. The topological polar surface area (TPSA) is 39.7 Å². The average Bonchev–Trinajstić information content (AvgIpc) is 3.09. The number of likely N-dealkylation sites (tertiary alicyclic amines) is 1. The van der Waals surface area contributed by atoms with Crippen LogP contribution in [0.2, 0.25) is 0 Å². The smallest absolute Gasteiger partial charge is 0.357 e. The molecule has 1 aromatic rings. The van der Waals surface area contributed by atoms with E-state index in [1.165, 1.54) is 18.4 Å². The Hall–Kier alpha value is -1.76. The number of nitrogens with zero attached hydrogens (tertiary/aromatic N) is 2. The third-order valence-corrected chi connectivity index (χ3v) is 4.23. The summed E-state index contributed by atoms with van der Waals surface area (Å²) in [4.78, 5) is 6.94. The summed E-state index contributed by atoms with van der Waals surface area (Å²) in [5.74, 6) is 0.437. The first-order valence-corrected chi connectivity index (χ1v) is 8.87. The SMILES string of the molecule is CCNC(=NCC(c1ccccc1)N1CCCC1)NCCC(F)(F)F. The van der Waals surface area contributed by atoms with E-state index in [2.05, 4.69) is 32.7 Å². The zero-order valence-electron chi connectivity index (χ0n) is 14.6. The van der Waals surface area contributed by atoms with Gasteiger partial charge in [-0.15, -0.1) is 0 Å². The van der Waals surface area contributed by atoms with E-state index in [9.17, 15) is 13.2 Å². The van der Waals surface area contributed by atoms with Crippen LogP contribution in [-0.2, 0) is 0 Å². The monoisotopic (exact) mass is 356 g/mol. The van der Waals surface area contributed by atoms with Gasteiger partial charge < -0.3 is 10.6 Å². The van der Waals surface area contributed by atoms with Crippen LogP contribution in [0.25, 0.3) is 0 Å². The van der Waals surface area contributed by atoms with Gasteiger partial charge in [-0.25, -0.2) is 0 Å². The second-order valence-corrected chi connectivity index (χ2v) is 6.18. The van der Waals surface area contributed by atoms with Crippen molar-refractivity contribution in [3.05, 3.63) is 35.9 Å². The van der Waals surface area contributed by atoms with Gasteiger partial charge in [0.2, 0.25) is 0 Å². The van der Waals surface area contributed by atoms with Crippen molar-refractivity contribution in [1.82, 2.24) is 15.5 Å². The molecule has 25 heavy (non-hydrogen) atoms. The first-order valence-electron chi connectivity index (χ1n) is 8.87. The van der Waals surface area contributed by atoms with Crippen LogP contribution in [0.15, 0.2) is 35.3 Å². The average molecular weight is 356 g/mol. The number of hydrogen-bond acceptors (Lipinski definition) is 2. The number of alkyl halides is 3. The van der Waals surface area contributed by atoms with Crippen LogP contribution >= 0.6 is 0 Å². The second-order valence-electron chi connectivity index (χ2n) is 6.18. The summed E-state index contributed by atoms with van der Waals surface area (Å²) >= 11 is 0. The number of hydrogen-bond donors (Lipinski definition) is 2. The molecule has 1 unspecified atom stereocenters. The van der Waals surface area contributed by atoms with Crippen molar-refractivity contribution >= 4 is 5.96 Å². The Morgan fingerprint density at radius 3 is 2.44 bits per heavy atom. The molecule has 2 rings (SSSR count). The van der Waals surface area contributed by atoms with Gasteiger partial charge in [-0.1, -0.05) is 30.3 Å². The molecule has 1 fully saturated rings. The van der Waals surface area contributed by atoms with Gasteiger partial charge >= 0.3 is 6.18 Å². The fourth-order valence-corrected chi connectivity index (χ4v) is 3.00. The predicted octanol–water partition coefficient (Wildman–Crippen LogP) is 3.33. The highest BCUT2D eigenvalue weighted by Gasteiger charge is 2.26. The minimum atomic E-state index is -4.16. The van der Waals surface area contributed by atoms with Crippen molar-refractivity contribution in [3.63, 3.8) is 0 Å². The van der Waals surface area contributed by atoms with Crippen LogP contribution in [0, 0.1) is 0 Å². The lowest BCUT2D eigenvalue weighted by atomic mass is 10.1. The van der Waals surface area contributed by atoms with E-state index in [-0.39, 0.29) is 12.6 Å². The van der Waals surface area contributed by atoms with E-state index in [1.807, 2.05) is 25.1 Å². The summed E-state index contributed by atoms with van der Waals surface area (Å²) < 4.78 is 37.0. The van der Waals surface area contributed by atoms with Crippen LogP contribution in [0.3, 0.4) is 0 Å². The van der Waals surface area contributed by atoms with Gasteiger partial charge in [-0.2, -0.15) is 13.2 Å². The quantitative estimate of drug-likeness (QED) is 0.581. The van der Waals surface area contributed by atoms with Crippen LogP contribution in [0.4, 0.5) is 13.2 Å². The lowest BCUT2D eigenvalue weighted by Gasteiger charge is -2.27. The number of benzene rings is 1. The zero-order chi connectivity index (χ0) is 18.1. The summed E-state index contributed by atoms with van der Waals surface area (Å²) in [7, 11) is 0. The molecule has 0 spiro atoms. The van der Waals surface area contributed by atoms with E-state index >= 15 is 0 Å². The molecular weight excluding hydrogens is 329 g/mol. The van der Waals surface area contributed by atoms with Crippen molar-refractivity contribution in [3.8, 4) is 0 Å². The molecule has 1 aliphatic heterocycles. The maximum atomic E-state index is 12.3. The normalized spacial score (nSPS) is 17.5. The number of guanidine groups is 1. The van der Waals surface area contributed by atoms with E-state index in [4.69, 9.17) is 0 Å². The molecule has 0 amide bonds. The zero-order valence-corrected chi connectivity index (χ0v) is 14.6. The van der Waals surface area contributed by atoms with Gasteiger partial charge in [0.1, 0.15) is 0 Å². The van der Waals surface area contributed by atoms with Crippen LogP contribution in [0.1, 0.15) is 37.8 Å². The highest BCUT2D eigenvalue weighted by molar-refractivity contribution is 5.79. The first kappa shape index (κ1) is 19.6.